The van der Waals surface area contributed by atoms with Crippen LogP contribution in [0, 0.1) is 0 Å². The number of aliphatic hydroxyl groups is 1. The third-order valence-corrected chi connectivity index (χ3v) is 2.30. The van der Waals surface area contributed by atoms with Crippen molar-refractivity contribution >= 4 is 5.97 Å². The van der Waals surface area contributed by atoms with E-state index in [9.17, 15) is 4.79 Å². The summed E-state index contributed by atoms with van der Waals surface area (Å²) in [5, 5.41) is 8.29. The molecule has 0 atom stereocenters. The molecule has 0 heterocycles. The summed E-state index contributed by atoms with van der Waals surface area (Å²) >= 11 is 0. The van der Waals surface area contributed by atoms with Crippen LogP contribution in [0.25, 0.3) is 0 Å². The average molecular weight is 252 g/mol. The summed E-state index contributed by atoms with van der Waals surface area (Å²) in [5.74, 6) is -0.256. The summed E-state index contributed by atoms with van der Waals surface area (Å²) in [6, 6.07) is 8.96. The number of hydrogen-bond acceptors (Lipinski definition) is 3. The molecule has 0 saturated carbocycles. The van der Waals surface area contributed by atoms with Crippen molar-refractivity contribution < 1.29 is 14.6 Å². The number of benzene rings is 1. The second kappa shape index (κ2) is 12.1. The minimum Gasteiger partial charge on any atom is -0.462 e. The zero-order chi connectivity index (χ0) is 13.6. The van der Waals surface area contributed by atoms with Crippen molar-refractivity contribution in [2.75, 3.05) is 13.2 Å². The van der Waals surface area contributed by atoms with E-state index in [-0.39, 0.29) is 5.97 Å². The van der Waals surface area contributed by atoms with Crippen molar-refractivity contribution in [1.29, 1.82) is 0 Å². The smallest absolute Gasteiger partial charge is 0.338 e. The van der Waals surface area contributed by atoms with Crippen LogP contribution in [-0.2, 0) is 4.74 Å². The predicted octanol–water partition coefficient (Wildman–Crippen LogP) is 3.42. The molecular formula is C15H24O3. The van der Waals surface area contributed by atoms with Gasteiger partial charge in [-0.15, -0.1) is 0 Å². The normalized spacial score (nSPS) is 9.28. The van der Waals surface area contributed by atoms with Crippen LogP contribution in [0.1, 0.15) is 49.9 Å². The van der Waals surface area contributed by atoms with E-state index in [0.717, 1.165) is 6.42 Å². The topological polar surface area (TPSA) is 46.5 Å². The standard InChI is InChI=1S/C9H10O2.C6H14O/c1-2-11-9(10)8-6-4-3-5-7-8;1-2-3-4-5-6-7/h3-7H,2H2,1H3;7H,2-6H2,1H3. The average Bonchev–Trinajstić information content (AvgIpc) is 2.41. The van der Waals surface area contributed by atoms with Crippen molar-refractivity contribution in [2.45, 2.75) is 39.5 Å². The summed E-state index contributed by atoms with van der Waals surface area (Å²) in [6.07, 6.45) is 4.68. The van der Waals surface area contributed by atoms with Crippen LogP contribution >= 0.6 is 0 Å². The van der Waals surface area contributed by atoms with Crippen molar-refractivity contribution in [3.63, 3.8) is 0 Å². The fraction of sp³-hybridized carbons (Fsp3) is 0.533. The van der Waals surface area contributed by atoms with E-state index in [0.29, 0.717) is 18.8 Å². The lowest BCUT2D eigenvalue weighted by Gasteiger charge is -1.99. The summed E-state index contributed by atoms with van der Waals surface area (Å²) in [7, 11) is 0. The first-order valence-electron chi connectivity index (χ1n) is 6.59. The van der Waals surface area contributed by atoms with Crippen LogP contribution in [0.4, 0.5) is 0 Å². The number of carbonyl (C=O) groups excluding carboxylic acids is 1. The van der Waals surface area contributed by atoms with Gasteiger partial charge in [-0.25, -0.2) is 4.79 Å². The van der Waals surface area contributed by atoms with Crippen molar-refractivity contribution in [3.05, 3.63) is 35.9 Å². The Labute approximate surface area is 110 Å². The van der Waals surface area contributed by atoms with Gasteiger partial charge >= 0.3 is 5.97 Å². The molecule has 0 spiro atoms. The monoisotopic (exact) mass is 252 g/mol. The highest BCUT2D eigenvalue weighted by Crippen LogP contribution is 2.00. The van der Waals surface area contributed by atoms with Gasteiger partial charge in [0.25, 0.3) is 0 Å². The SMILES string of the molecule is CCCCCCO.CCOC(=O)c1ccccc1. The Hall–Kier alpha value is -1.35. The molecule has 0 fully saturated rings. The summed E-state index contributed by atoms with van der Waals surface area (Å²) in [5.41, 5.74) is 0.606. The first-order chi connectivity index (χ1) is 8.76. The lowest BCUT2D eigenvalue weighted by atomic mass is 10.2. The Morgan fingerprint density at radius 2 is 1.78 bits per heavy atom. The minimum absolute atomic E-state index is 0.256. The number of esters is 1. The summed E-state index contributed by atoms with van der Waals surface area (Å²) in [4.78, 5) is 11.0. The second-order valence-electron chi connectivity index (χ2n) is 3.87. The molecule has 1 aromatic carbocycles. The lowest BCUT2D eigenvalue weighted by Crippen LogP contribution is -2.03. The molecular weight excluding hydrogens is 228 g/mol. The summed E-state index contributed by atoms with van der Waals surface area (Å²) < 4.78 is 4.79. The van der Waals surface area contributed by atoms with E-state index in [1.165, 1.54) is 19.3 Å². The van der Waals surface area contributed by atoms with Gasteiger partial charge in [-0.1, -0.05) is 44.4 Å². The van der Waals surface area contributed by atoms with Crippen LogP contribution in [0.3, 0.4) is 0 Å². The van der Waals surface area contributed by atoms with Crippen LogP contribution in [-0.4, -0.2) is 24.3 Å². The zero-order valence-corrected chi connectivity index (χ0v) is 11.4. The van der Waals surface area contributed by atoms with Gasteiger partial charge in [-0.3, -0.25) is 0 Å². The molecule has 102 valence electrons. The molecule has 0 aromatic heterocycles. The van der Waals surface area contributed by atoms with Gasteiger partial charge in [0.2, 0.25) is 0 Å². The molecule has 1 N–H and O–H groups in total. The number of ether oxygens (including phenoxy) is 1. The van der Waals surface area contributed by atoms with Gasteiger partial charge in [0.1, 0.15) is 0 Å². The number of rotatable bonds is 6. The molecule has 18 heavy (non-hydrogen) atoms. The number of hydrogen-bond donors (Lipinski definition) is 1. The molecule has 0 amide bonds. The molecule has 0 saturated heterocycles. The molecule has 3 heteroatoms. The van der Waals surface area contributed by atoms with Gasteiger partial charge in [0, 0.05) is 6.61 Å². The van der Waals surface area contributed by atoms with Gasteiger partial charge in [-0.2, -0.15) is 0 Å². The molecule has 0 aliphatic heterocycles. The number of aliphatic hydroxyl groups excluding tert-OH is 1. The maximum absolute atomic E-state index is 11.0. The van der Waals surface area contributed by atoms with E-state index in [1.807, 2.05) is 18.2 Å². The Balaban J connectivity index is 0.000000360. The van der Waals surface area contributed by atoms with E-state index in [1.54, 1.807) is 19.1 Å². The molecule has 1 aromatic rings. The van der Waals surface area contributed by atoms with Gasteiger partial charge in [0.05, 0.1) is 12.2 Å². The number of carbonyl (C=O) groups is 1. The van der Waals surface area contributed by atoms with E-state index >= 15 is 0 Å². The third-order valence-electron chi connectivity index (χ3n) is 2.30. The van der Waals surface area contributed by atoms with Crippen LogP contribution in [0.2, 0.25) is 0 Å². The van der Waals surface area contributed by atoms with Gasteiger partial charge in [0.15, 0.2) is 0 Å². The highest BCUT2D eigenvalue weighted by atomic mass is 16.5. The first-order valence-corrected chi connectivity index (χ1v) is 6.59. The lowest BCUT2D eigenvalue weighted by molar-refractivity contribution is 0.0526. The van der Waals surface area contributed by atoms with E-state index in [2.05, 4.69) is 6.92 Å². The molecule has 0 aliphatic carbocycles. The van der Waals surface area contributed by atoms with Crippen LogP contribution in [0.15, 0.2) is 30.3 Å². The van der Waals surface area contributed by atoms with Crippen molar-refractivity contribution in [3.8, 4) is 0 Å². The molecule has 0 aliphatic rings. The second-order valence-corrected chi connectivity index (χ2v) is 3.87. The van der Waals surface area contributed by atoms with E-state index in [4.69, 9.17) is 9.84 Å². The molecule has 0 bridgehead atoms. The first kappa shape index (κ1) is 16.6. The Morgan fingerprint density at radius 3 is 2.28 bits per heavy atom. The highest BCUT2D eigenvalue weighted by molar-refractivity contribution is 5.89. The Bertz CT molecular complexity index is 292. The number of unbranched alkanes of at least 4 members (excludes halogenated alkanes) is 3. The maximum atomic E-state index is 11.0. The largest absolute Gasteiger partial charge is 0.462 e. The highest BCUT2D eigenvalue weighted by Gasteiger charge is 2.02. The third kappa shape index (κ3) is 8.76. The van der Waals surface area contributed by atoms with E-state index < -0.39 is 0 Å². The van der Waals surface area contributed by atoms with Crippen molar-refractivity contribution in [2.24, 2.45) is 0 Å². The minimum atomic E-state index is -0.256. The molecule has 3 nitrogen and oxygen atoms in total. The van der Waals surface area contributed by atoms with Crippen LogP contribution < -0.4 is 0 Å². The van der Waals surface area contributed by atoms with Crippen molar-refractivity contribution in [1.82, 2.24) is 0 Å². The molecule has 0 radical (unpaired) electrons. The fourth-order valence-corrected chi connectivity index (χ4v) is 1.33. The van der Waals surface area contributed by atoms with Gasteiger partial charge < -0.3 is 9.84 Å². The molecule has 0 unspecified atom stereocenters. The fourth-order valence-electron chi connectivity index (χ4n) is 1.33. The predicted molar refractivity (Wildman–Crippen MR) is 73.6 cm³/mol. The van der Waals surface area contributed by atoms with Gasteiger partial charge in [-0.05, 0) is 25.5 Å². The molecule has 1 rings (SSSR count). The summed E-state index contributed by atoms with van der Waals surface area (Å²) in [6.45, 7) is 4.74. The maximum Gasteiger partial charge on any atom is 0.338 e. The quantitative estimate of drug-likeness (QED) is 0.623. The van der Waals surface area contributed by atoms with Crippen LogP contribution in [0.5, 0.6) is 0 Å². The Kier molecular flexibility index (Phi) is 11.2. The zero-order valence-electron chi connectivity index (χ0n) is 11.4. The Morgan fingerprint density at radius 1 is 1.11 bits per heavy atom.